The lowest BCUT2D eigenvalue weighted by Gasteiger charge is -2.24. The molecule has 0 bridgehead atoms. The first-order valence-electron chi connectivity index (χ1n) is 9.92. The number of pyridine rings is 1. The smallest absolute Gasteiger partial charge is 0.269 e. The summed E-state index contributed by atoms with van der Waals surface area (Å²) in [5.74, 6) is -1.32. The van der Waals surface area contributed by atoms with Crippen LogP contribution in [-0.4, -0.2) is 38.9 Å². The van der Waals surface area contributed by atoms with Crippen LogP contribution < -0.4 is 15.6 Å². The van der Waals surface area contributed by atoms with Crippen LogP contribution in [0.4, 0.5) is 11.4 Å². The van der Waals surface area contributed by atoms with E-state index in [2.05, 4.69) is 15.7 Å². The van der Waals surface area contributed by atoms with Crippen molar-refractivity contribution in [3.05, 3.63) is 89.7 Å². The first kappa shape index (κ1) is 22.4. The van der Waals surface area contributed by atoms with Gasteiger partial charge in [0, 0.05) is 28.7 Å². The fraction of sp³-hybridized carbons (Fsp3) is 0.0870. The maximum atomic E-state index is 13.3. The lowest BCUT2D eigenvalue weighted by Crippen LogP contribution is -2.49. The largest absolute Gasteiger partial charge is 0.326 e. The quantitative estimate of drug-likeness (QED) is 0.526. The van der Waals surface area contributed by atoms with Crippen molar-refractivity contribution in [2.24, 2.45) is 0 Å². The van der Waals surface area contributed by atoms with E-state index < -0.39 is 23.8 Å². The second-order valence-electron chi connectivity index (χ2n) is 7.11. The van der Waals surface area contributed by atoms with Crippen LogP contribution in [0.5, 0.6) is 0 Å². The van der Waals surface area contributed by atoms with Gasteiger partial charge in [-0.1, -0.05) is 29.8 Å². The summed E-state index contributed by atoms with van der Waals surface area (Å²) >= 11 is 11.4. The molecule has 4 rings (SSSR count). The van der Waals surface area contributed by atoms with Crippen molar-refractivity contribution in [2.75, 3.05) is 10.2 Å². The Bertz CT molecular complexity index is 1190. The number of halogens is 1. The zero-order valence-electron chi connectivity index (χ0n) is 17.1. The number of nitrogens with one attached hydrogen (secondary N) is 2. The summed E-state index contributed by atoms with van der Waals surface area (Å²) in [7, 11) is 0. The molecule has 3 aromatic rings. The second-order valence-corrected chi connectivity index (χ2v) is 7.92. The van der Waals surface area contributed by atoms with Crippen LogP contribution >= 0.6 is 23.8 Å². The van der Waals surface area contributed by atoms with Crippen LogP contribution in [0.3, 0.4) is 0 Å². The Kier molecular flexibility index (Phi) is 6.62. The Morgan fingerprint density at radius 3 is 2.33 bits per heavy atom. The molecule has 2 heterocycles. The van der Waals surface area contributed by atoms with E-state index in [1.54, 1.807) is 48.5 Å². The molecule has 10 heteroatoms. The molecule has 1 fully saturated rings. The number of hydrogen-bond donors (Lipinski definition) is 2. The molecule has 1 unspecified atom stereocenters. The predicted molar refractivity (Wildman–Crippen MR) is 129 cm³/mol. The van der Waals surface area contributed by atoms with E-state index in [0.717, 1.165) is 0 Å². The number of para-hydroxylation sites is 1. The Morgan fingerprint density at radius 2 is 1.67 bits per heavy atom. The summed E-state index contributed by atoms with van der Waals surface area (Å²) in [6, 6.07) is 17.4. The number of nitrogens with zero attached hydrogens (tertiary/aromatic N) is 3. The monoisotopic (exact) mass is 479 g/mol. The van der Waals surface area contributed by atoms with Crippen LogP contribution in [0, 0.1) is 0 Å². The average molecular weight is 480 g/mol. The van der Waals surface area contributed by atoms with Gasteiger partial charge in [0.05, 0.1) is 12.1 Å². The highest BCUT2D eigenvalue weighted by Crippen LogP contribution is 2.26. The van der Waals surface area contributed by atoms with Gasteiger partial charge in [0.2, 0.25) is 11.0 Å². The van der Waals surface area contributed by atoms with Gasteiger partial charge in [-0.25, -0.2) is 5.01 Å². The summed E-state index contributed by atoms with van der Waals surface area (Å²) in [4.78, 5) is 44.0. The highest BCUT2D eigenvalue weighted by atomic mass is 35.5. The molecule has 1 saturated heterocycles. The van der Waals surface area contributed by atoms with Gasteiger partial charge in [-0.05, 0) is 60.7 Å². The van der Waals surface area contributed by atoms with E-state index in [-0.39, 0.29) is 11.5 Å². The fourth-order valence-corrected chi connectivity index (χ4v) is 3.81. The minimum atomic E-state index is -1.03. The molecule has 2 N–H and O–H groups in total. The molecule has 0 radical (unpaired) electrons. The molecule has 0 saturated carbocycles. The molecule has 166 valence electrons. The van der Waals surface area contributed by atoms with Gasteiger partial charge in [0.1, 0.15) is 6.04 Å². The van der Waals surface area contributed by atoms with Gasteiger partial charge in [0.25, 0.3) is 11.8 Å². The lowest BCUT2D eigenvalue weighted by molar-refractivity contribution is -0.124. The summed E-state index contributed by atoms with van der Waals surface area (Å²) < 4.78 is 0. The van der Waals surface area contributed by atoms with Crippen LogP contribution in [0.15, 0.2) is 79.1 Å². The van der Waals surface area contributed by atoms with E-state index in [1.165, 1.54) is 34.4 Å². The molecule has 2 aromatic carbocycles. The minimum Gasteiger partial charge on any atom is -0.326 e. The average Bonchev–Trinajstić information content (AvgIpc) is 3.05. The summed E-state index contributed by atoms with van der Waals surface area (Å²) in [6.45, 7) is 0. The number of carbonyl (C=O) groups is 3. The van der Waals surface area contributed by atoms with Gasteiger partial charge in [-0.2, -0.15) is 0 Å². The number of aromatic nitrogens is 1. The zero-order chi connectivity index (χ0) is 23.4. The van der Waals surface area contributed by atoms with Crippen molar-refractivity contribution in [3.8, 4) is 0 Å². The standard InChI is InChI=1S/C23H18ClN5O3S/c24-16-6-8-17(9-7-16)26-20(30)14-19-22(32)28(18-4-2-1-3-5-18)23(33)29(19)27-21(31)15-10-12-25-13-11-15/h1-13,19H,14H2,(H,26,30)(H,27,31). The van der Waals surface area contributed by atoms with E-state index in [0.29, 0.717) is 22.0 Å². The van der Waals surface area contributed by atoms with Gasteiger partial charge in [-0.15, -0.1) is 0 Å². The van der Waals surface area contributed by atoms with Crippen molar-refractivity contribution >= 4 is 58.0 Å². The van der Waals surface area contributed by atoms with Gasteiger partial charge in [0.15, 0.2) is 0 Å². The molecule has 1 aliphatic rings. The Hall–Kier alpha value is -3.82. The molecule has 8 nitrogen and oxygen atoms in total. The topological polar surface area (TPSA) is 94.6 Å². The molecule has 0 spiro atoms. The molecular formula is C23H18ClN5O3S. The summed E-state index contributed by atoms with van der Waals surface area (Å²) in [6.07, 6.45) is 2.73. The number of thiocarbonyl (C=S) groups is 1. The molecule has 1 aromatic heterocycles. The maximum Gasteiger partial charge on any atom is 0.269 e. The zero-order valence-corrected chi connectivity index (χ0v) is 18.7. The maximum absolute atomic E-state index is 13.3. The number of anilines is 2. The third kappa shape index (κ3) is 5.00. The van der Waals surface area contributed by atoms with Crippen molar-refractivity contribution in [1.29, 1.82) is 0 Å². The van der Waals surface area contributed by atoms with Crippen LogP contribution in [0.2, 0.25) is 5.02 Å². The SMILES string of the molecule is O=C(CC1C(=O)N(c2ccccc2)C(=S)N1NC(=O)c1ccncc1)Nc1ccc(Cl)cc1. The van der Waals surface area contributed by atoms with Crippen LogP contribution in [0.25, 0.3) is 0 Å². The molecule has 33 heavy (non-hydrogen) atoms. The van der Waals surface area contributed by atoms with Crippen molar-refractivity contribution < 1.29 is 14.4 Å². The van der Waals surface area contributed by atoms with Gasteiger partial charge < -0.3 is 5.32 Å². The van der Waals surface area contributed by atoms with Crippen molar-refractivity contribution in [1.82, 2.24) is 15.4 Å². The molecule has 3 amide bonds. The van der Waals surface area contributed by atoms with E-state index >= 15 is 0 Å². The Balaban J connectivity index is 1.58. The number of benzene rings is 2. The normalized spacial score (nSPS) is 15.5. The minimum absolute atomic E-state index is 0.0675. The van der Waals surface area contributed by atoms with Gasteiger partial charge in [-0.3, -0.25) is 29.7 Å². The highest BCUT2D eigenvalue weighted by Gasteiger charge is 2.45. The number of hydrazine groups is 1. The fourth-order valence-electron chi connectivity index (χ4n) is 3.31. The summed E-state index contributed by atoms with van der Waals surface area (Å²) in [5.41, 5.74) is 4.07. The van der Waals surface area contributed by atoms with Crippen molar-refractivity contribution in [3.63, 3.8) is 0 Å². The predicted octanol–water partition coefficient (Wildman–Crippen LogP) is 3.41. The second kappa shape index (κ2) is 9.76. The third-order valence-corrected chi connectivity index (χ3v) is 5.53. The first-order valence-corrected chi connectivity index (χ1v) is 10.7. The lowest BCUT2D eigenvalue weighted by atomic mass is 10.1. The number of carbonyl (C=O) groups excluding carboxylic acids is 3. The number of rotatable bonds is 6. The molecule has 1 atom stereocenters. The first-order chi connectivity index (χ1) is 15.9. The molecular weight excluding hydrogens is 462 g/mol. The third-order valence-electron chi connectivity index (χ3n) is 4.90. The van der Waals surface area contributed by atoms with Crippen LogP contribution in [-0.2, 0) is 9.59 Å². The summed E-state index contributed by atoms with van der Waals surface area (Å²) in [5, 5.41) is 4.59. The Morgan fingerprint density at radius 1 is 1.00 bits per heavy atom. The Labute approximate surface area is 200 Å². The number of amides is 3. The molecule has 1 aliphatic heterocycles. The van der Waals surface area contributed by atoms with Crippen molar-refractivity contribution in [2.45, 2.75) is 12.5 Å². The van der Waals surface area contributed by atoms with Gasteiger partial charge >= 0.3 is 0 Å². The van der Waals surface area contributed by atoms with E-state index in [9.17, 15) is 14.4 Å². The van der Waals surface area contributed by atoms with Crippen LogP contribution in [0.1, 0.15) is 16.8 Å². The molecule has 0 aliphatic carbocycles. The van der Waals surface area contributed by atoms with E-state index in [1.807, 2.05) is 6.07 Å². The van der Waals surface area contributed by atoms with E-state index in [4.69, 9.17) is 23.8 Å². The number of hydrogen-bond acceptors (Lipinski definition) is 5. The highest BCUT2D eigenvalue weighted by molar-refractivity contribution is 7.80.